The lowest BCUT2D eigenvalue weighted by Gasteiger charge is -2.36. The van der Waals surface area contributed by atoms with Crippen LogP contribution in [0.1, 0.15) is 32.3 Å². The maximum atomic E-state index is 13.9. The Labute approximate surface area is 198 Å². The van der Waals surface area contributed by atoms with Gasteiger partial charge >= 0.3 is 6.18 Å². The molecule has 1 atom stereocenters. The van der Waals surface area contributed by atoms with Crippen LogP contribution < -0.4 is 16.2 Å². The van der Waals surface area contributed by atoms with Crippen molar-refractivity contribution in [3.05, 3.63) is 53.0 Å². The van der Waals surface area contributed by atoms with Crippen molar-refractivity contribution >= 4 is 16.9 Å². The van der Waals surface area contributed by atoms with E-state index in [1.165, 1.54) is 23.2 Å². The average molecular weight is 487 g/mol. The van der Waals surface area contributed by atoms with Gasteiger partial charge in [0.1, 0.15) is 11.1 Å². The smallest absolute Gasteiger partial charge is 0.356 e. The standard InChI is InChI=1S/C23H25F3N8O/c1-22(2)6-4-13(8-29-22)31-21-28-11-17(23(24,25)26)18(32-21)16-10-27-19-15(16)5-7-34(20(19)35)14-9-30-33(3)12-14/h5,7,9-13,27,29H,4,6,8H2,1-3H3,(H,28,31,32)/t13-/m0/s1. The zero-order valence-corrected chi connectivity index (χ0v) is 19.4. The molecule has 9 nitrogen and oxygen atoms in total. The molecule has 1 saturated heterocycles. The summed E-state index contributed by atoms with van der Waals surface area (Å²) in [6.45, 7) is 4.86. The lowest BCUT2D eigenvalue weighted by atomic mass is 9.91. The second-order valence-electron chi connectivity index (χ2n) is 9.45. The molecule has 184 valence electrons. The molecule has 0 bridgehead atoms. The van der Waals surface area contributed by atoms with Crippen molar-refractivity contribution in [3.63, 3.8) is 0 Å². The maximum absolute atomic E-state index is 13.9. The Balaban J connectivity index is 1.56. The van der Waals surface area contributed by atoms with E-state index in [0.717, 1.165) is 19.0 Å². The van der Waals surface area contributed by atoms with E-state index in [1.807, 2.05) is 0 Å². The first kappa shape index (κ1) is 23.1. The first-order valence-electron chi connectivity index (χ1n) is 11.2. The number of aryl methyl sites for hydroxylation is 1. The summed E-state index contributed by atoms with van der Waals surface area (Å²) >= 11 is 0. The monoisotopic (exact) mass is 486 g/mol. The van der Waals surface area contributed by atoms with Gasteiger partial charge in [0.25, 0.3) is 5.56 Å². The van der Waals surface area contributed by atoms with Gasteiger partial charge in [0.05, 0.1) is 17.6 Å². The third-order valence-electron chi connectivity index (χ3n) is 6.34. The summed E-state index contributed by atoms with van der Waals surface area (Å²) in [6, 6.07) is 1.58. The van der Waals surface area contributed by atoms with Crippen LogP contribution in [0.3, 0.4) is 0 Å². The van der Waals surface area contributed by atoms with Gasteiger partial charge < -0.3 is 15.6 Å². The number of nitrogens with one attached hydrogen (secondary N) is 3. The summed E-state index contributed by atoms with van der Waals surface area (Å²) < 4.78 is 44.6. The number of rotatable bonds is 4. The number of alkyl halides is 3. The number of aromatic amines is 1. The largest absolute Gasteiger partial charge is 0.419 e. The van der Waals surface area contributed by atoms with Gasteiger partial charge in [-0.15, -0.1) is 0 Å². The third-order valence-corrected chi connectivity index (χ3v) is 6.34. The van der Waals surface area contributed by atoms with Gasteiger partial charge in [0.15, 0.2) is 0 Å². The molecule has 35 heavy (non-hydrogen) atoms. The minimum atomic E-state index is -4.67. The Morgan fingerprint density at radius 3 is 2.71 bits per heavy atom. The molecule has 0 spiro atoms. The molecule has 12 heteroatoms. The van der Waals surface area contributed by atoms with Crippen LogP contribution in [0.25, 0.3) is 27.8 Å². The lowest BCUT2D eigenvalue weighted by Crippen LogP contribution is -2.50. The van der Waals surface area contributed by atoms with E-state index in [-0.39, 0.29) is 34.3 Å². The molecule has 5 rings (SSSR count). The molecule has 4 aromatic rings. The normalized spacial score (nSPS) is 18.2. The molecule has 1 fully saturated rings. The molecule has 0 amide bonds. The number of nitrogens with zero attached hydrogens (tertiary/aromatic N) is 5. The van der Waals surface area contributed by atoms with Crippen LogP contribution >= 0.6 is 0 Å². The van der Waals surface area contributed by atoms with E-state index in [0.29, 0.717) is 17.6 Å². The van der Waals surface area contributed by atoms with Gasteiger partial charge in [-0.2, -0.15) is 18.3 Å². The van der Waals surface area contributed by atoms with Crippen molar-refractivity contribution in [3.8, 4) is 16.9 Å². The summed E-state index contributed by atoms with van der Waals surface area (Å²) in [4.78, 5) is 24.1. The molecule has 0 aliphatic carbocycles. The van der Waals surface area contributed by atoms with E-state index in [4.69, 9.17) is 0 Å². The fraction of sp³-hybridized carbons (Fsp3) is 0.391. The number of anilines is 1. The van der Waals surface area contributed by atoms with Gasteiger partial charge in [-0.3, -0.25) is 14.0 Å². The molecule has 5 heterocycles. The van der Waals surface area contributed by atoms with E-state index in [2.05, 4.69) is 44.5 Å². The molecule has 4 aromatic heterocycles. The second kappa shape index (κ2) is 8.22. The van der Waals surface area contributed by atoms with Gasteiger partial charge in [-0.1, -0.05) is 0 Å². The van der Waals surface area contributed by atoms with Gasteiger partial charge in [0.2, 0.25) is 5.95 Å². The molecule has 0 aromatic carbocycles. The zero-order valence-electron chi connectivity index (χ0n) is 19.4. The maximum Gasteiger partial charge on any atom is 0.419 e. The molecular weight excluding hydrogens is 461 g/mol. The Kier molecular flexibility index (Phi) is 5.42. The molecule has 1 aliphatic rings. The minimum absolute atomic E-state index is 0.0110. The first-order valence-corrected chi connectivity index (χ1v) is 11.2. The zero-order chi connectivity index (χ0) is 25.0. The highest BCUT2D eigenvalue weighted by Gasteiger charge is 2.36. The van der Waals surface area contributed by atoms with Gasteiger partial charge in [0, 0.05) is 60.9 Å². The second-order valence-corrected chi connectivity index (χ2v) is 9.45. The Morgan fingerprint density at radius 1 is 1.26 bits per heavy atom. The molecule has 0 saturated carbocycles. The molecule has 0 unspecified atom stereocenters. The van der Waals surface area contributed by atoms with E-state index in [1.54, 1.807) is 24.0 Å². The van der Waals surface area contributed by atoms with Gasteiger partial charge in [-0.25, -0.2) is 9.97 Å². The topological polar surface area (TPSA) is 105 Å². The minimum Gasteiger partial charge on any atom is -0.356 e. The van der Waals surface area contributed by atoms with Crippen LogP contribution in [-0.2, 0) is 13.2 Å². The Morgan fingerprint density at radius 2 is 2.06 bits per heavy atom. The SMILES string of the molecule is Cn1cc(-n2ccc3c(-c4nc(N[C@H]5CCC(C)(C)NC5)ncc4C(F)(F)F)c[nH]c3c2=O)cn1. The number of pyridine rings is 1. The predicted molar refractivity (Wildman–Crippen MR) is 125 cm³/mol. The quantitative estimate of drug-likeness (QED) is 0.408. The fourth-order valence-corrected chi connectivity index (χ4v) is 4.35. The van der Waals surface area contributed by atoms with Gasteiger partial charge in [-0.05, 0) is 32.8 Å². The van der Waals surface area contributed by atoms with E-state index < -0.39 is 17.3 Å². The van der Waals surface area contributed by atoms with Crippen molar-refractivity contribution in [2.45, 2.75) is 44.4 Å². The predicted octanol–water partition coefficient (Wildman–Crippen LogP) is 3.47. The Bertz CT molecular complexity index is 1440. The molecule has 3 N–H and O–H groups in total. The Hall–Kier alpha value is -3.67. The van der Waals surface area contributed by atoms with Crippen molar-refractivity contribution in [1.82, 2.24) is 34.6 Å². The van der Waals surface area contributed by atoms with Crippen LogP contribution in [-0.4, -0.2) is 47.4 Å². The number of hydrogen-bond acceptors (Lipinski definition) is 6. The summed E-state index contributed by atoms with van der Waals surface area (Å²) in [6.07, 6.45) is 3.96. The van der Waals surface area contributed by atoms with E-state index >= 15 is 0 Å². The number of H-pyrrole nitrogens is 1. The molecule has 1 aliphatic heterocycles. The highest BCUT2D eigenvalue weighted by Crippen LogP contribution is 2.38. The molecular formula is C23H25F3N8O. The number of hydrogen-bond donors (Lipinski definition) is 3. The van der Waals surface area contributed by atoms with Crippen molar-refractivity contribution in [2.75, 3.05) is 11.9 Å². The number of piperidine rings is 1. The summed E-state index contributed by atoms with van der Waals surface area (Å²) in [5.74, 6) is 0.109. The summed E-state index contributed by atoms with van der Waals surface area (Å²) in [5, 5.41) is 11.0. The first-order chi connectivity index (χ1) is 16.5. The number of aromatic nitrogens is 6. The molecule has 0 radical (unpaired) electrons. The highest BCUT2D eigenvalue weighted by atomic mass is 19.4. The average Bonchev–Trinajstić information content (AvgIpc) is 3.41. The number of halogens is 3. The van der Waals surface area contributed by atoms with Crippen molar-refractivity contribution in [2.24, 2.45) is 7.05 Å². The van der Waals surface area contributed by atoms with Crippen molar-refractivity contribution in [1.29, 1.82) is 0 Å². The van der Waals surface area contributed by atoms with Crippen LogP contribution in [0, 0.1) is 0 Å². The van der Waals surface area contributed by atoms with Crippen molar-refractivity contribution < 1.29 is 13.2 Å². The van der Waals surface area contributed by atoms with Crippen LogP contribution in [0.5, 0.6) is 0 Å². The van der Waals surface area contributed by atoms with Crippen LogP contribution in [0.15, 0.2) is 41.8 Å². The fourth-order valence-electron chi connectivity index (χ4n) is 4.35. The summed E-state index contributed by atoms with van der Waals surface area (Å²) in [5.41, 5.74) is -0.755. The number of fused-ring (bicyclic) bond motifs is 1. The van der Waals surface area contributed by atoms with Crippen LogP contribution in [0.4, 0.5) is 19.1 Å². The summed E-state index contributed by atoms with van der Waals surface area (Å²) in [7, 11) is 1.73. The van der Waals surface area contributed by atoms with E-state index in [9.17, 15) is 18.0 Å². The lowest BCUT2D eigenvalue weighted by molar-refractivity contribution is -0.137. The third kappa shape index (κ3) is 4.41. The van der Waals surface area contributed by atoms with Crippen LogP contribution in [0.2, 0.25) is 0 Å². The highest BCUT2D eigenvalue weighted by molar-refractivity contribution is 5.95.